The zero-order chi connectivity index (χ0) is 18.4. The van der Waals surface area contributed by atoms with E-state index in [1.807, 2.05) is 37.3 Å². The zero-order valence-electron chi connectivity index (χ0n) is 14.4. The van der Waals surface area contributed by atoms with Crippen LogP contribution < -0.4 is 5.32 Å². The molecule has 0 saturated heterocycles. The molecule has 1 aliphatic heterocycles. The van der Waals surface area contributed by atoms with Crippen molar-refractivity contribution in [2.45, 2.75) is 45.7 Å². The molecule has 0 bridgehead atoms. The highest BCUT2D eigenvalue weighted by molar-refractivity contribution is 6.39. The highest BCUT2D eigenvalue weighted by Crippen LogP contribution is 2.14. The molecule has 1 aromatic carbocycles. The zero-order valence-corrected chi connectivity index (χ0v) is 14.4. The van der Waals surface area contributed by atoms with Gasteiger partial charge in [0.25, 0.3) is 5.91 Å². The number of amides is 2. The van der Waals surface area contributed by atoms with Gasteiger partial charge in [-0.05, 0) is 11.5 Å². The van der Waals surface area contributed by atoms with E-state index in [0.29, 0.717) is 6.42 Å². The fourth-order valence-electron chi connectivity index (χ4n) is 2.55. The van der Waals surface area contributed by atoms with Gasteiger partial charge < -0.3 is 10.4 Å². The number of hydrazone groups is 1. The molecule has 0 unspecified atom stereocenters. The minimum Gasteiger partial charge on any atom is -0.480 e. The first-order chi connectivity index (χ1) is 11.9. The Bertz CT molecular complexity index is 672. The predicted octanol–water partition coefficient (Wildman–Crippen LogP) is 1.78. The lowest BCUT2D eigenvalue weighted by atomic mass is 9.99. The maximum Gasteiger partial charge on any atom is 0.326 e. The molecule has 25 heavy (non-hydrogen) atoms. The average Bonchev–Trinajstić information content (AvgIpc) is 2.61. The second-order valence-electron chi connectivity index (χ2n) is 6.16. The molecule has 2 atom stereocenters. The van der Waals surface area contributed by atoms with Gasteiger partial charge in [0.05, 0.1) is 6.54 Å². The lowest BCUT2D eigenvalue weighted by molar-refractivity contribution is -0.142. The number of benzene rings is 1. The Morgan fingerprint density at radius 3 is 2.56 bits per heavy atom. The monoisotopic (exact) mass is 345 g/mol. The van der Waals surface area contributed by atoms with Gasteiger partial charge in [-0.2, -0.15) is 5.10 Å². The summed E-state index contributed by atoms with van der Waals surface area (Å²) in [5.74, 6) is -1.96. The molecule has 0 aliphatic carbocycles. The summed E-state index contributed by atoms with van der Waals surface area (Å²) >= 11 is 0. The van der Waals surface area contributed by atoms with Crippen molar-refractivity contribution < 1.29 is 19.5 Å². The summed E-state index contributed by atoms with van der Waals surface area (Å²) in [7, 11) is 0. The summed E-state index contributed by atoms with van der Waals surface area (Å²) in [6.07, 6.45) is 1.02. The van der Waals surface area contributed by atoms with E-state index in [1.54, 1.807) is 6.92 Å². The highest BCUT2D eigenvalue weighted by atomic mass is 16.4. The van der Waals surface area contributed by atoms with Gasteiger partial charge in [-0.15, -0.1) is 0 Å². The molecule has 2 N–H and O–H groups in total. The molecule has 2 amide bonds. The largest absolute Gasteiger partial charge is 0.480 e. The van der Waals surface area contributed by atoms with E-state index in [0.717, 1.165) is 5.56 Å². The summed E-state index contributed by atoms with van der Waals surface area (Å²) in [4.78, 5) is 35.8. The number of rotatable bonds is 7. The number of carboxylic acids is 1. The van der Waals surface area contributed by atoms with E-state index in [9.17, 15) is 19.5 Å². The van der Waals surface area contributed by atoms with Crippen LogP contribution in [0.2, 0.25) is 0 Å². The minimum atomic E-state index is -1.07. The number of carbonyl (C=O) groups is 3. The Kier molecular flexibility index (Phi) is 6.27. The lowest BCUT2D eigenvalue weighted by Gasteiger charge is -2.25. The van der Waals surface area contributed by atoms with E-state index in [-0.39, 0.29) is 36.9 Å². The maximum absolute atomic E-state index is 12.4. The van der Waals surface area contributed by atoms with Gasteiger partial charge >= 0.3 is 5.97 Å². The van der Waals surface area contributed by atoms with E-state index >= 15 is 0 Å². The first-order valence-corrected chi connectivity index (χ1v) is 8.37. The number of hydrogen-bond acceptors (Lipinski definition) is 4. The van der Waals surface area contributed by atoms with Crippen LogP contribution in [0.5, 0.6) is 0 Å². The summed E-state index contributed by atoms with van der Waals surface area (Å²) in [5.41, 5.74) is 1.09. The Labute approximate surface area is 146 Å². The van der Waals surface area contributed by atoms with Gasteiger partial charge in [0.15, 0.2) is 0 Å². The Hall–Kier alpha value is -2.70. The van der Waals surface area contributed by atoms with E-state index in [2.05, 4.69) is 10.4 Å². The Morgan fingerprint density at radius 2 is 1.96 bits per heavy atom. The van der Waals surface area contributed by atoms with Crippen LogP contribution in [0.4, 0.5) is 0 Å². The molecule has 1 heterocycles. The average molecular weight is 345 g/mol. The molecule has 0 fully saturated rings. The number of aliphatic carboxylic acids is 1. The Morgan fingerprint density at radius 1 is 1.28 bits per heavy atom. The Balaban J connectivity index is 2.11. The van der Waals surface area contributed by atoms with Crippen molar-refractivity contribution in [1.82, 2.24) is 10.3 Å². The summed E-state index contributed by atoms with van der Waals surface area (Å²) in [5, 5.41) is 17.2. The highest BCUT2D eigenvalue weighted by Gasteiger charge is 2.30. The van der Waals surface area contributed by atoms with Crippen LogP contribution in [0.15, 0.2) is 35.4 Å². The van der Waals surface area contributed by atoms with Crippen molar-refractivity contribution in [3.8, 4) is 0 Å². The van der Waals surface area contributed by atoms with Crippen molar-refractivity contribution in [2.24, 2.45) is 11.0 Å². The van der Waals surface area contributed by atoms with Gasteiger partial charge in [0, 0.05) is 12.8 Å². The van der Waals surface area contributed by atoms with Gasteiger partial charge in [-0.3, -0.25) is 9.59 Å². The number of nitrogens with one attached hydrogen (secondary N) is 1. The number of carbonyl (C=O) groups excluding carboxylic acids is 2. The molecule has 1 aromatic rings. The number of nitrogens with zero attached hydrogens (tertiary/aromatic N) is 2. The second-order valence-corrected chi connectivity index (χ2v) is 6.16. The normalized spacial score (nSPS) is 16.8. The van der Waals surface area contributed by atoms with Crippen molar-refractivity contribution in [1.29, 1.82) is 0 Å². The van der Waals surface area contributed by atoms with Crippen LogP contribution in [0.3, 0.4) is 0 Å². The van der Waals surface area contributed by atoms with Crippen LogP contribution in [-0.4, -0.2) is 39.7 Å². The SMILES string of the molecule is CC[C@H](C)[C@H](NC(=O)C1=NN(Cc2ccccc2)C(=O)CC1)C(=O)O. The molecule has 7 heteroatoms. The molecule has 0 spiro atoms. The summed E-state index contributed by atoms with van der Waals surface area (Å²) in [6, 6.07) is 8.39. The molecular weight excluding hydrogens is 322 g/mol. The number of carboxylic acid groups (broad SMARTS) is 1. The van der Waals surface area contributed by atoms with Gasteiger partial charge in [0.2, 0.25) is 5.91 Å². The van der Waals surface area contributed by atoms with Crippen LogP contribution >= 0.6 is 0 Å². The molecule has 134 valence electrons. The van der Waals surface area contributed by atoms with E-state index in [4.69, 9.17) is 0 Å². The quantitative estimate of drug-likeness (QED) is 0.787. The van der Waals surface area contributed by atoms with E-state index in [1.165, 1.54) is 5.01 Å². The van der Waals surface area contributed by atoms with Crippen LogP contribution in [0.25, 0.3) is 0 Å². The number of hydrogen-bond donors (Lipinski definition) is 2. The molecule has 0 aromatic heterocycles. The molecule has 0 saturated carbocycles. The summed E-state index contributed by atoms with van der Waals surface area (Å²) in [6.45, 7) is 3.92. The maximum atomic E-state index is 12.4. The third-order valence-corrected chi connectivity index (χ3v) is 4.31. The second kappa shape index (κ2) is 8.41. The van der Waals surface area contributed by atoms with Crippen LogP contribution in [0.1, 0.15) is 38.7 Å². The fraction of sp³-hybridized carbons (Fsp3) is 0.444. The third-order valence-electron chi connectivity index (χ3n) is 4.31. The van der Waals surface area contributed by atoms with Gasteiger partial charge in [0.1, 0.15) is 11.8 Å². The standard InChI is InChI=1S/C18H23N3O4/c1-3-12(2)16(18(24)25)19-17(23)14-9-10-15(22)21(20-14)11-13-7-5-4-6-8-13/h4-8,12,16H,3,9-11H2,1-2H3,(H,19,23)(H,24,25)/t12-,16-/m0/s1. The summed E-state index contributed by atoms with van der Waals surface area (Å²) < 4.78 is 0. The first kappa shape index (κ1) is 18.6. The molecule has 7 nitrogen and oxygen atoms in total. The first-order valence-electron chi connectivity index (χ1n) is 8.37. The molecule has 1 aliphatic rings. The molecule has 0 radical (unpaired) electrons. The molecular formula is C18H23N3O4. The lowest BCUT2D eigenvalue weighted by Crippen LogP contribution is -2.48. The third kappa shape index (κ3) is 4.89. The molecule has 2 rings (SSSR count). The van der Waals surface area contributed by atoms with Gasteiger partial charge in [-0.1, -0.05) is 50.6 Å². The van der Waals surface area contributed by atoms with Crippen LogP contribution in [-0.2, 0) is 20.9 Å². The van der Waals surface area contributed by atoms with Crippen LogP contribution in [0, 0.1) is 5.92 Å². The van der Waals surface area contributed by atoms with Crippen molar-refractivity contribution >= 4 is 23.5 Å². The topological polar surface area (TPSA) is 99.1 Å². The van der Waals surface area contributed by atoms with Gasteiger partial charge in [-0.25, -0.2) is 9.80 Å². The predicted molar refractivity (Wildman–Crippen MR) is 92.7 cm³/mol. The fourth-order valence-corrected chi connectivity index (χ4v) is 2.55. The minimum absolute atomic E-state index is 0.155. The van der Waals surface area contributed by atoms with Crippen molar-refractivity contribution in [2.75, 3.05) is 0 Å². The van der Waals surface area contributed by atoms with E-state index < -0.39 is 17.9 Å². The smallest absolute Gasteiger partial charge is 0.326 e. The van der Waals surface area contributed by atoms with Crippen molar-refractivity contribution in [3.63, 3.8) is 0 Å². The van der Waals surface area contributed by atoms with Crippen molar-refractivity contribution in [3.05, 3.63) is 35.9 Å².